The van der Waals surface area contributed by atoms with Crippen LogP contribution < -0.4 is 5.84 Å². The van der Waals surface area contributed by atoms with Crippen molar-refractivity contribution in [2.75, 3.05) is 13.1 Å². The number of carbonyl (C=O) groups is 1. The Balaban J connectivity index is 2.06. The summed E-state index contributed by atoms with van der Waals surface area (Å²) in [5, 5.41) is 2.26. The number of nitrogens with two attached hydrogens (primary N) is 1. The molecule has 6 heteroatoms. The minimum absolute atomic E-state index is 0.100. The first kappa shape index (κ1) is 11.3. The van der Waals surface area contributed by atoms with E-state index in [2.05, 4.69) is 4.98 Å². The van der Waals surface area contributed by atoms with Crippen LogP contribution in [0.25, 0.3) is 0 Å². The quantitative estimate of drug-likeness (QED) is 0.625. The molecule has 2 heterocycles. The van der Waals surface area contributed by atoms with Gasteiger partial charge in [0.15, 0.2) is 0 Å². The molecule has 1 saturated heterocycles. The summed E-state index contributed by atoms with van der Waals surface area (Å²) in [5.41, 5.74) is 1.05. The summed E-state index contributed by atoms with van der Waals surface area (Å²) in [4.78, 5) is 19.1. The second-order valence-electron chi connectivity index (χ2n) is 4.00. The van der Waals surface area contributed by atoms with Gasteiger partial charge in [-0.1, -0.05) is 0 Å². The number of nitrogens with zero attached hydrogens (tertiary/aromatic N) is 3. The van der Waals surface area contributed by atoms with Crippen LogP contribution in [0.2, 0.25) is 0 Å². The van der Waals surface area contributed by atoms with Crippen LogP contribution in [-0.4, -0.2) is 34.0 Å². The summed E-state index contributed by atoms with van der Waals surface area (Å²) < 4.78 is 0. The number of hydrogen-bond donors (Lipinski definition) is 1. The largest absolute Gasteiger partial charge is 0.334 e. The van der Waals surface area contributed by atoms with Crippen LogP contribution in [0.4, 0.5) is 4.79 Å². The fourth-order valence-electron chi connectivity index (χ4n) is 1.72. The third-order valence-corrected chi connectivity index (χ3v) is 3.80. The highest BCUT2D eigenvalue weighted by Crippen LogP contribution is 2.19. The number of urea groups is 1. The van der Waals surface area contributed by atoms with E-state index in [0.29, 0.717) is 13.1 Å². The molecule has 2 amide bonds. The standard InChI is InChI=1S/C10H16N4OS/c1-7-8(2)16-9(12-7)6-13-4-3-5-14(11)10(13)15/h3-6,11H2,1-2H3. The van der Waals surface area contributed by atoms with Crippen molar-refractivity contribution in [3.63, 3.8) is 0 Å². The molecule has 0 spiro atoms. The van der Waals surface area contributed by atoms with Crippen molar-refractivity contribution in [2.24, 2.45) is 5.84 Å². The molecule has 1 aromatic rings. The number of hydrazine groups is 1. The van der Waals surface area contributed by atoms with E-state index in [9.17, 15) is 4.79 Å². The molecule has 16 heavy (non-hydrogen) atoms. The van der Waals surface area contributed by atoms with E-state index in [1.54, 1.807) is 16.2 Å². The predicted molar refractivity (Wildman–Crippen MR) is 62.9 cm³/mol. The first-order valence-corrected chi connectivity index (χ1v) is 6.13. The Labute approximate surface area is 98.8 Å². The molecule has 1 aliphatic rings. The Hall–Kier alpha value is -1.14. The van der Waals surface area contributed by atoms with Gasteiger partial charge in [-0.2, -0.15) is 0 Å². The van der Waals surface area contributed by atoms with Gasteiger partial charge >= 0.3 is 6.03 Å². The van der Waals surface area contributed by atoms with Crippen LogP contribution >= 0.6 is 11.3 Å². The molecule has 0 aromatic carbocycles. The van der Waals surface area contributed by atoms with Crippen LogP contribution in [-0.2, 0) is 6.54 Å². The Kier molecular flexibility index (Phi) is 3.11. The normalized spacial score (nSPS) is 17.1. The Bertz CT molecular complexity index is 384. The molecule has 0 bridgehead atoms. The first-order valence-electron chi connectivity index (χ1n) is 5.32. The molecule has 88 valence electrons. The number of thiazole rings is 1. The van der Waals surface area contributed by atoms with Crippen LogP contribution in [0.1, 0.15) is 22.0 Å². The molecule has 1 aliphatic heterocycles. The van der Waals surface area contributed by atoms with Gasteiger partial charge in [0.25, 0.3) is 0 Å². The topological polar surface area (TPSA) is 62.5 Å². The SMILES string of the molecule is Cc1nc(CN2CCCN(N)C2=O)sc1C. The van der Waals surface area contributed by atoms with Crippen LogP contribution in [0, 0.1) is 13.8 Å². The minimum Gasteiger partial charge on any atom is -0.317 e. The third-order valence-electron chi connectivity index (χ3n) is 2.74. The summed E-state index contributed by atoms with van der Waals surface area (Å²) >= 11 is 1.65. The summed E-state index contributed by atoms with van der Waals surface area (Å²) in [6.07, 6.45) is 0.922. The number of aryl methyl sites for hydroxylation is 2. The van der Waals surface area contributed by atoms with Gasteiger partial charge in [-0.25, -0.2) is 15.6 Å². The molecule has 0 aliphatic carbocycles. The highest BCUT2D eigenvalue weighted by atomic mass is 32.1. The highest BCUT2D eigenvalue weighted by molar-refractivity contribution is 7.11. The van der Waals surface area contributed by atoms with Gasteiger partial charge < -0.3 is 4.90 Å². The lowest BCUT2D eigenvalue weighted by atomic mass is 10.3. The summed E-state index contributed by atoms with van der Waals surface area (Å²) in [7, 11) is 0. The smallest absolute Gasteiger partial charge is 0.317 e. The van der Waals surface area contributed by atoms with Crippen molar-refractivity contribution in [1.82, 2.24) is 14.9 Å². The zero-order chi connectivity index (χ0) is 11.7. The number of aromatic nitrogens is 1. The van der Waals surface area contributed by atoms with Crippen molar-refractivity contribution in [1.29, 1.82) is 0 Å². The van der Waals surface area contributed by atoms with Gasteiger partial charge in [-0.05, 0) is 20.3 Å². The van der Waals surface area contributed by atoms with E-state index >= 15 is 0 Å². The van der Waals surface area contributed by atoms with Crippen molar-refractivity contribution in [3.05, 3.63) is 15.6 Å². The predicted octanol–water partition coefficient (Wildman–Crippen LogP) is 1.26. The molecule has 1 aromatic heterocycles. The van der Waals surface area contributed by atoms with Gasteiger partial charge in [0.05, 0.1) is 12.2 Å². The average Bonchev–Trinajstić information content (AvgIpc) is 2.54. The van der Waals surface area contributed by atoms with Crippen molar-refractivity contribution >= 4 is 17.4 Å². The third kappa shape index (κ3) is 2.17. The molecule has 2 N–H and O–H groups in total. The lowest BCUT2D eigenvalue weighted by Gasteiger charge is -2.32. The molecule has 1 fully saturated rings. The van der Waals surface area contributed by atoms with E-state index < -0.39 is 0 Å². The van der Waals surface area contributed by atoms with Gasteiger partial charge in [-0.15, -0.1) is 11.3 Å². The molecule has 2 rings (SSSR count). The second-order valence-corrected chi connectivity index (χ2v) is 5.29. The highest BCUT2D eigenvalue weighted by Gasteiger charge is 2.24. The van der Waals surface area contributed by atoms with E-state index in [1.807, 2.05) is 13.8 Å². The summed E-state index contributed by atoms with van der Waals surface area (Å²) in [6, 6.07) is -0.100. The van der Waals surface area contributed by atoms with Crippen LogP contribution in [0.15, 0.2) is 0 Å². The Morgan fingerprint density at radius 2 is 2.19 bits per heavy atom. The summed E-state index contributed by atoms with van der Waals surface area (Å²) in [5.74, 6) is 5.58. The average molecular weight is 240 g/mol. The van der Waals surface area contributed by atoms with E-state index in [-0.39, 0.29) is 6.03 Å². The zero-order valence-corrected chi connectivity index (χ0v) is 10.4. The minimum atomic E-state index is -0.100. The first-order chi connectivity index (χ1) is 7.58. The van der Waals surface area contributed by atoms with Gasteiger partial charge in [0, 0.05) is 18.0 Å². The van der Waals surface area contributed by atoms with Gasteiger partial charge in [0.1, 0.15) is 5.01 Å². The maximum atomic E-state index is 11.7. The fraction of sp³-hybridized carbons (Fsp3) is 0.600. The lowest BCUT2D eigenvalue weighted by molar-refractivity contribution is 0.127. The van der Waals surface area contributed by atoms with E-state index in [0.717, 1.165) is 23.7 Å². The lowest BCUT2D eigenvalue weighted by Crippen LogP contribution is -2.52. The van der Waals surface area contributed by atoms with Crippen molar-refractivity contribution in [3.8, 4) is 0 Å². The number of amides is 2. The molecule has 0 radical (unpaired) electrons. The van der Waals surface area contributed by atoms with Gasteiger partial charge in [-0.3, -0.25) is 5.01 Å². The molecule has 0 saturated carbocycles. The van der Waals surface area contributed by atoms with E-state index in [4.69, 9.17) is 5.84 Å². The second kappa shape index (κ2) is 4.39. The Morgan fingerprint density at radius 3 is 2.81 bits per heavy atom. The van der Waals surface area contributed by atoms with Gasteiger partial charge in [0.2, 0.25) is 0 Å². The molecular formula is C10H16N4OS. The maximum Gasteiger partial charge on any atom is 0.334 e. The number of rotatable bonds is 2. The van der Waals surface area contributed by atoms with Crippen molar-refractivity contribution < 1.29 is 4.79 Å². The zero-order valence-electron chi connectivity index (χ0n) is 9.56. The molecule has 5 nitrogen and oxygen atoms in total. The fourth-order valence-corrected chi connectivity index (χ4v) is 2.67. The maximum absolute atomic E-state index is 11.7. The van der Waals surface area contributed by atoms with E-state index in [1.165, 1.54) is 9.89 Å². The molecular weight excluding hydrogens is 224 g/mol. The summed E-state index contributed by atoms with van der Waals surface area (Å²) in [6.45, 7) is 6.02. The van der Waals surface area contributed by atoms with Crippen LogP contribution in [0.3, 0.4) is 0 Å². The number of hydrogen-bond acceptors (Lipinski definition) is 4. The van der Waals surface area contributed by atoms with Crippen LogP contribution in [0.5, 0.6) is 0 Å². The Morgan fingerprint density at radius 1 is 1.44 bits per heavy atom. The molecule has 0 atom stereocenters. The van der Waals surface area contributed by atoms with Crippen molar-refractivity contribution in [2.45, 2.75) is 26.8 Å². The molecule has 0 unspecified atom stereocenters. The monoisotopic (exact) mass is 240 g/mol. The number of carbonyl (C=O) groups excluding carboxylic acids is 1.